The maximum atomic E-state index is 13.3. The van der Waals surface area contributed by atoms with Crippen molar-refractivity contribution in [2.24, 2.45) is 4.99 Å². The van der Waals surface area contributed by atoms with Gasteiger partial charge in [0.2, 0.25) is 5.82 Å². The second-order valence-electron chi connectivity index (χ2n) is 5.65. The molecular formula is C17H13BrF4N6O4. The van der Waals surface area contributed by atoms with Crippen LogP contribution in [0.15, 0.2) is 56.8 Å². The van der Waals surface area contributed by atoms with E-state index in [-0.39, 0.29) is 21.8 Å². The third kappa shape index (κ3) is 7.28. The van der Waals surface area contributed by atoms with Crippen LogP contribution in [0.4, 0.5) is 29.1 Å². The summed E-state index contributed by atoms with van der Waals surface area (Å²) >= 11 is 3.08. The number of aliphatic imine (C=N–C) groups is 1. The van der Waals surface area contributed by atoms with E-state index < -0.39 is 18.0 Å². The Balaban J connectivity index is 0.000000451. The molecule has 2 aromatic heterocycles. The molecule has 170 valence electrons. The Kier molecular flexibility index (Phi) is 8.60. The molecule has 10 nitrogen and oxygen atoms in total. The van der Waals surface area contributed by atoms with Crippen molar-refractivity contribution in [3.05, 3.63) is 64.3 Å². The molecule has 0 atom stereocenters. The van der Waals surface area contributed by atoms with Crippen LogP contribution in [-0.2, 0) is 11.3 Å². The molecule has 0 aliphatic heterocycles. The van der Waals surface area contributed by atoms with E-state index in [4.69, 9.17) is 14.5 Å². The molecule has 3 rings (SSSR count). The first-order valence-corrected chi connectivity index (χ1v) is 9.10. The van der Waals surface area contributed by atoms with Gasteiger partial charge < -0.3 is 10.4 Å². The summed E-state index contributed by atoms with van der Waals surface area (Å²) in [5, 5.41) is 27.0. The maximum absolute atomic E-state index is 13.3. The normalized spacial score (nSPS) is 11.4. The zero-order valence-electron chi connectivity index (χ0n) is 15.6. The number of aromatic nitrogens is 3. The fourth-order valence-electron chi connectivity index (χ4n) is 1.96. The smallest absolute Gasteiger partial charge is 0.475 e. The average molecular weight is 521 g/mol. The Morgan fingerprint density at radius 2 is 1.97 bits per heavy atom. The molecule has 15 heteroatoms. The zero-order valence-corrected chi connectivity index (χ0v) is 17.2. The first-order chi connectivity index (χ1) is 15.1. The average Bonchev–Trinajstić information content (AvgIpc) is 3.22. The number of anilines is 1. The van der Waals surface area contributed by atoms with Gasteiger partial charge >= 0.3 is 12.1 Å². The number of aliphatic carboxylic acids is 1. The van der Waals surface area contributed by atoms with Gasteiger partial charge in [-0.1, -0.05) is 6.07 Å². The summed E-state index contributed by atoms with van der Waals surface area (Å²) < 4.78 is 50.0. The number of alkyl halides is 3. The van der Waals surface area contributed by atoms with Crippen LogP contribution in [0.5, 0.6) is 0 Å². The van der Waals surface area contributed by atoms with Gasteiger partial charge in [-0.05, 0) is 56.1 Å². The molecule has 0 fully saturated rings. The number of hydrogen-bond acceptors (Lipinski definition) is 8. The lowest BCUT2D eigenvalue weighted by Gasteiger charge is -2.06. The molecule has 0 unspecified atom stereocenters. The van der Waals surface area contributed by atoms with Crippen LogP contribution in [-0.4, -0.2) is 43.6 Å². The van der Waals surface area contributed by atoms with Crippen molar-refractivity contribution >= 4 is 39.2 Å². The summed E-state index contributed by atoms with van der Waals surface area (Å²) in [7, 11) is 0. The molecule has 1 aromatic carbocycles. The highest BCUT2D eigenvalue weighted by Gasteiger charge is 2.38. The van der Waals surface area contributed by atoms with Gasteiger partial charge in [-0.2, -0.15) is 13.2 Å². The molecule has 0 bridgehead atoms. The van der Waals surface area contributed by atoms with Crippen molar-refractivity contribution in [1.29, 1.82) is 0 Å². The third-order valence-corrected chi connectivity index (χ3v) is 4.00. The van der Waals surface area contributed by atoms with Gasteiger partial charge in [0.05, 0.1) is 10.2 Å². The SMILES string of the molecule is O=C(O)C(F)(F)F.ONC(=Nc1ccc(F)c(Br)c1)c1nonc1NCc1cccnc1. The molecule has 0 amide bonds. The molecule has 0 aliphatic carbocycles. The summed E-state index contributed by atoms with van der Waals surface area (Å²) in [6, 6.07) is 7.87. The standard InChI is InChI=1S/C15H12BrFN6O2.C2HF3O2/c16-11-6-10(3-4-12(11)17)20-15(21-24)13-14(23-25-22-13)19-8-9-2-1-5-18-7-9;3-2(4,5)1(6)7/h1-7,24H,8H2,(H,19,23)(H,20,21);(H,6,7). The lowest BCUT2D eigenvalue weighted by atomic mass is 10.3. The number of hydroxylamine groups is 1. The molecule has 4 N–H and O–H groups in total. The number of rotatable bonds is 5. The number of nitrogens with one attached hydrogen (secondary N) is 2. The number of amidine groups is 1. The van der Waals surface area contributed by atoms with Crippen LogP contribution in [0.3, 0.4) is 0 Å². The first-order valence-electron chi connectivity index (χ1n) is 8.31. The van der Waals surface area contributed by atoms with E-state index in [0.29, 0.717) is 12.2 Å². The lowest BCUT2D eigenvalue weighted by molar-refractivity contribution is -0.192. The third-order valence-electron chi connectivity index (χ3n) is 3.39. The van der Waals surface area contributed by atoms with Gasteiger partial charge in [0.25, 0.3) is 0 Å². The van der Waals surface area contributed by atoms with Gasteiger partial charge in [0, 0.05) is 18.9 Å². The van der Waals surface area contributed by atoms with E-state index in [1.54, 1.807) is 12.4 Å². The minimum atomic E-state index is -5.08. The van der Waals surface area contributed by atoms with Crippen LogP contribution in [0.25, 0.3) is 0 Å². The number of carbonyl (C=O) groups is 1. The number of carboxylic acid groups (broad SMARTS) is 1. The van der Waals surface area contributed by atoms with Gasteiger partial charge in [-0.3, -0.25) is 15.7 Å². The molecule has 0 radical (unpaired) electrons. The largest absolute Gasteiger partial charge is 0.490 e. The number of pyridine rings is 1. The fourth-order valence-corrected chi connectivity index (χ4v) is 2.33. The van der Waals surface area contributed by atoms with Gasteiger partial charge in [-0.15, -0.1) is 0 Å². The van der Waals surface area contributed by atoms with E-state index >= 15 is 0 Å². The molecule has 0 saturated heterocycles. The second kappa shape index (κ2) is 11.1. The van der Waals surface area contributed by atoms with Crippen molar-refractivity contribution in [1.82, 2.24) is 20.8 Å². The number of benzene rings is 1. The predicted molar refractivity (Wildman–Crippen MR) is 105 cm³/mol. The van der Waals surface area contributed by atoms with E-state index in [1.165, 1.54) is 18.2 Å². The summed E-state index contributed by atoms with van der Waals surface area (Å²) in [4.78, 5) is 17.1. The Morgan fingerprint density at radius 1 is 1.25 bits per heavy atom. The Bertz CT molecular complexity index is 1080. The number of nitrogens with zero attached hydrogens (tertiary/aromatic N) is 4. The second-order valence-corrected chi connectivity index (χ2v) is 6.50. The summed E-state index contributed by atoms with van der Waals surface area (Å²) in [5.41, 5.74) is 3.44. The van der Waals surface area contributed by atoms with Crippen LogP contribution in [0, 0.1) is 5.82 Å². The van der Waals surface area contributed by atoms with Gasteiger partial charge in [0.1, 0.15) is 5.82 Å². The van der Waals surface area contributed by atoms with Gasteiger partial charge in [0.15, 0.2) is 11.5 Å². The predicted octanol–water partition coefficient (Wildman–Crippen LogP) is 3.67. The van der Waals surface area contributed by atoms with E-state index in [0.717, 1.165) is 5.56 Å². The van der Waals surface area contributed by atoms with Crippen molar-refractivity contribution in [3.8, 4) is 0 Å². The number of hydrogen-bond donors (Lipinski definition) is 4. The topological polar surface area (TPSA) is 146 Å². The van der Waals surface area contributed by atoms with Crippen molar-refractivity contribution in [2.75, 3.05) is 5.32 Å². The molecule has 0 saturated carbocycles. The van der Waals surface area contributed by atoms with Crippen molar-refractivity contribution < 1.29 is 37.3 Å². The molecule has 2 heterocycles. The minimum absolute atomic E-state index is 0.00607. The van der Waals surface area contributed by atoms with Crippen molar-refractivity contribution in [3.63, 3.8) is 0 Å². The van der Waals surface area contributed by atoms with E-state index in [2.05, 4.69) is 41.5 Å². The van der Waals surface area contributed by atoms with E-state index in [1.807, 2.05) is 17.6 Å². The highest BCUT2D eigenvalue weighted by atomic mass is 79.9. The summed E-state index contributed by atoms with van der Waals surface area (Å²) in [6.07, 6.45) is -1.70. The Hall–Kier alpha value is -3.59. The Morgan fingerprint density at radius 3 is 2.53 bits per heavy atom. The number of halogens is 5. The molecule has 3 aromatic rings. The molecular weight excluding hydrogens is 508 g/mol. The fraction of sp³-hybridized carbons (Fsp3) is 0.118. The molecule has 0 aliphatic rings. The monoisotopic (exact) mass is 520 g/mol. The van der Waals surface area contributed by atoms with Gasteiger partial charge in [-0.25, -0.2) is 18.8 Å². The number of carboxylic acids is 1. The van der Waals surface area contributed by atoms with Crippen LogP contribution >= 0.6 is 15.9 Å². The summed E-state index contributed by atoms with van der Waals surface area (Å²) in [6.45, 7) is 0.426. The van der Waals surface area contributed by atoms with E-state index in [9.17, 15) is 22.8 Å². The quantitative estimate of drug-likeness (QED) is 0.171. The highest BCUT2D eigenvalue weighted by molar-refractivity contribution is 9.10. The van der Waals surface area contributed by atoms with Crippen LogP contribution in [0.2, 0.25) is 0 Å². The van der Waals surface area contributed by atoms with Crippen molar-refractivity contribution in [2.45, 2.75) is 12.7 Å². The van der Waals surface area contributed by atoms with Crippen LogP contribution in [0.1, 0.15) is 11.3 Å². The minimum Gasteiger partial charge on any atom is -0.475 e. The summed E-state index contributed by atoms with van der Waals surface area (Å²) in [5.74, 6) is -2.90. The first kappa shape index (κ1) is 24.7. The lowest BCUT2D eigenvalue weighted by Crippen LogP contribution is -2.22. The zero-order chi connectivity index (χ0) is 23.7. The molecule has 0 spiro atoms. The van der Waals surface area contributed by atoms with Crippen LogP contribution < -0.4 is 10.8 Å². The highest BCUT2D eigenvalue weighted by Crippen LogP contribution is 2.23. The molecule has 32 heavy (non-hydrogen) atoms. The maximum Gasteiger partial charge on any atom is 0.490 e. The Labute approximate surface area is 185 Å².